The fraction of sp³-hybridized carbons (Fsp3) is 0.286. The van der Waals surface area contributed by atoms with Crippen LogP contribution in [0.25, 0.3) is 11.0 Å². The van der Waals surface area contributed by atoms with Crippen molar-refractivity contribution in [3.05, 3.63) is 36.0 Å². The fourth-order valence-corrected chi connectivity index (χ4v) is 3.92. The maximum atomic E-state index is 12.8. The van der Waals surface area contributed by atoms with E-state index in [2.05, 4.69) is 10.1 Å². The smallest absolute Gasteiger partial charge is 0.269 e. The van der Waals surface area contributed by atoms with Crippen LogP contribution in [0, 0.1) is 13.8 Å². The molecular formula is C14H16N4O3S. The van der Waals surface area contributed by atoms with E-state index in [1.54, 1.807) is 32.3 Å². The summed E-state index contributed by atoms with van der Waals surface area (Å²) in [7, 11) is -0.336. The lowest BCUT2D eigenvalue weighted by Gasteiger charge is -2.19. The molecule has 3 aromatic rings. The summed E-state index contributed by atoms with van der Waals surface area (Å²) in [4.78, 5) is 4.36. The number of hydrogen-bond acceptors (Lipinski definition) is 5. The van der Waals surface area contributed by atoms with Crippen LogP contribution in [-0.4, -0.2) is 30.2 Å². The van der Waals surface area contributed by atoms with Gasteiger partial charge in [-0.15, -0.1) is 0 Å². The van der Waals surface area contributed by atoms with E-state index in [9.17, 15) is 8.42 Å². The van der Waals surface area contributed by atoms with E-state index in [0.29, 0.717) is 11.4 Å². The van der Waals surface area contributed by atoms with Crippen LogP contribution in [0.15, 0.2) is 33.9 Å². The molecule has 0 N–H and O–H groups in total. The molecule has 0 aliphatic carbocycles. The maximum Gasteiger partial charge on any atom is 0.269 e. The van der Waals surface area contributed by atoms with Crippen LogP contribution < -0.4 is 4.31 Å². The number of benzene rings is 1. The van der Waals surface area contributed by atoms with Crippen molar-refractivity contribution in [2.24, 2.45) is 7.05 Å². The first-order chi connectivity index (χ1) is 10.3. The van der Waals surface area contributed by atoms with Crippen LogP contribution in [0.3, 0.4) is 0 Å². The Kier molecular flexibility index (Phi) is 3.21. The molecule has 0 fully saturated rings. The van der Waals surface area contributed by atoms with E-state index in [1.165, 1.54) is 11.4 Å². The van der Waals surface area contributed by atoms with Crippen molar-refractivity contribution in [2.75, 3.05) is 11.4 Å². The predicted molar refractivity (Wildman–Crippen MR) is 82.3 cm³/mol. The molecule has 0 aliphatic heterocycles. The first-order valence-corrected chi connectivity index (χ1v) is 8.09. The number of nitrogens with zero attached hydrogens (tertiary/aromatic N) is 4. The van der Waals surface area contributed by atoms with Crippen LogP contribution >= 0.6 is 0 Å². The van der Waals surface area contributed by atoms with Crippen molar-refractivity contribution < 1.29 is 12.9 Å². The fourth-order valence-electron chi connectivity index (χ4n) is 2.44. The highest BCUT2D eigenvalue weighted by Gasteiger charge is 2.29. The van der Waals surface area contributed by atoms with Gasteiger partial charge in [0.25, 0.3) is 10.0 Å². The third kappa shape index (κ3) is 2.07. The number of imidazole rings is 1. The van der Waals surface area contributed by atoms with E-state index < -0.39 is 10.0 Å². The second kappa shape index (κ2) is 4.84. The average molecular weight is 320 g/mol. The molecule has 0 spiro atoms. The van der Waals surface area contributed by atoms with Crippen molar-refractivity contribution in [3.8, 4) is 0 Å². The van der Waals surface area contributed by atoms with Crippen molar-refractivity contribution in [3.63, 3.8) is 0 Å². The Labute approximate surface area is 128 Å². The lowest BCUT2D eigenvalue weighted by atomic mass is 10.3. The van der Waals surface area contributed by atoms with Crippen molar-refractivity contribution in [2.45, 2.75) is 18.7 Å². The first kappa shape index (κ1) is 14.6. The number of aromatic nitrogens is 3. The number of aryl methyl sites for hydroxylation is 3. The lowest BCUT2D eigenvalue weighted by Crippen LogP contribution is -2.27. The highest BCUT2D eigenvalue weighted by atomic mass is 32.2. The van der Waals surface area contributed by atoms with Gasteiger partial charge in [0.1, 0.15) is 5.69 Å². The molecule has 1 aromatic carbocycles. The van der Waals surface area contributed by atoms with Crippen LogP contribution in [0.2, 0.25) is 0 Å². The zero-order valence-electron chi connectivity index (χ0n) is 12.7. The Bertz CT molecular complexity index is 936. The molecule has 0 saturated carbocycles. The van der Waals surface area contributed by atoms with Crippen molar-refractivity contribution in [1.82, 2.24) is 14.7 Å². The number of sulfonamides is 1. The Morgan fingerprint density at radius 3 is 2.64 bits per heavy atom. The topological polar surface area (TPSA) is 81.2 Å². The molecule has 2 aromatic heterocycles. The third-order valence-corrected chi connectivity index (χ3v) is 5.69. The van der Waals surface area contributed by atoms with Gasteiger partial charge in [0, 0.05) is 14.1 Å². The Hall–Kier alpha value is -2.35. The van der Waals surface area contributed by atoms with Gasteiger partial charge in [0.2, 0.25) is 0 Å². The molecule has 0 radical (unpaired) electrons. The normalized spacial score (nSPS) is 12.0. The maximum absolute atomic E-state index is 12.8. The Balaban J connectivity index is 2.10. The monoisotopic (exact) mass is 320 g/mol. The summed E-state index contributed by atoms with van der Waals surface area (Å²) in [5.74, 6) is 0.281. The molecule has 3 rings (SSSR count). The largest absolute Gasteiger partial charge is 0.360 e. The molecule has 8 heteroatoms. The molecule has 0 amide bonds. The Morgan fingerprint density at radius 2 is 2.00 bits per heavy atom. The van der Waals surface area contributed by atoms with Crippen LogP contribution in [0.1, 0.15) is 11.5 Å². The molecule has 0 saturated heterocycles. The molecule has 0 unspecified atom stereocenters. The molecule has 0 bridgehead atoms. The SMILES string of the molecule is Cc1noc(C)c1S(=O)(=O)N(C)c1ccc2c(c1)ncn2C. The zero-order chi connectivity index (χ0) is 16.1. The standard InChI is InChI=1S/C14H16N4O3S/c1-9-14(10(2)21-16-9)22(19,20)18(4)11-5-6-13-12(7-11)15-8-17(13)3/h5-8H,1-4H3. The summed E-state index contributed by atoms with van der Waals surface area (Å²) in [5.41, 5.74) is 2.56. The van der Waals surface area contributed by atoms with E-state index in [1.807, 2.05) is 17.7 Å². The summed E-state index contributed by atoms with van der Waals surface area (Å²) < 4.78 is 33.6. The third-order valence-electron chi connectivity index (χ3n) is 3.66. The van der Waals surface area contributed by atoms with Gasteiger partial charge >= 0.3 is 0 Å². The zero-order valence-corrected chi connectivity index (χ0v) is 13.5. The number of rotatable bonds is 3. The molecule has 116 valence electrons. The minimum atomic E-state index is -3.73. The number of anilines is 1. The van der Waals surface area contributed by atoms with E-state index in [4.69, 9.17) is 4.52 Å². The highest BCUT2D eigenvalue weighted by Crippen LogP contribution is 2.28. The lowest BCUT2D eigenvalue weighted by molar-refractivity contribution is 0.390. The molecular weight excluding hydrogens is 304 g/mol. The van der Waals surface area contributed by atoms with Crippen molar-refractivity contribution >= 4 is 26.7 Å². The van der Waals surface area contributed by atoms with Crippen LogP contribution in [0.4, 0.5) is 5.69 Å². The summed E-state index contributed by atoms with van der Waals surface area (Å²) in [6, 6.07) is 5.34. The number of hydrogen-bond donors (Lipinski definition) is 0. The summed E-state index contributed by atoms with van der Waals surface area (Å²) in [6.07, 6.45) is 1.69. The molecule has 0 atom stereocenters. The van der Waals surface area contributed by atoms with Crippen molar-refractivity contribution in [1.29, 1.82) is 0 Å². The van der Waals surface area contributed by atoms with Gasteiger partial charge < -0.3 is 9.09 Å². The average Bonchev–Trinajstić information content (AvgIpc) is 3.01. The summed E-state index contributed by atoms with van der Waals surface area (Å²) >= 11 is 0. The van der Waals surface area contributed by atoms with E-state index in [0.717, 1.165) is 11.0 Å². The highest BCUT2D eigenvalue weighted by molar-refractivity contribution is 7.92. The van der Waals surface area contributed by atoms with E-state index in [-0.39, 0.29) is 10.7 Å². The molecule has 7 nitrogen and oxygen atoms in total. The predicted octanol–water partition coefficient (Wildman–Crippen LogP) is 2.00. The Morgan fingerprint density at radius 1 is 1.27 bits per heavy atom. The van der Waals surface area contributed by atoms with Gasteiger partial charge in [0.15, 0.2) is 10.7 Å². The van der Waals surface area contributed by atoms with Crippen LogP contribution in [0.5, 0.6) is 0 Å². The minimum Gasteiger partial charge on any atom is -0.360 e. The summed E-state index contributed by atoms with van der Waals surface area (Å²) in [5, 5.41) is 3.72. The molecule has 0 aliphatic rings. The molecule has 2 heterocycles. The minimum absolute atomic E-state index is 0.108. The van der Waals surface area contributed by atoms with Gasteiger partial charge in [-0.2, -0.15) is 0 Å². The first-order valence-electron chi connectivity index (χ1n) is 6.65. The second-order valence-electron chi connectivity index (χ2n) is 5.15. The van der Waals surface area contributed by atoms with Gasteiger partial charge in [0.05, 0.1) is 23.0 Å². The van der Waals surface area contributed by atoms with Crippen LogP contribution in [-0.2, 0) is 17.1 Å². The van der Waals surface area contributed by atoms with Gasteiger partial charge in [-0.25, -0.2) is 13.4 Å². The van der Waals surface area contributed by atoms with Gasteiger partial charge in [-0.1, -0.05) is 5.16 Å². The second-order valence-corrected chi connectivity index (χ2v) is 7.06. The van der Waals surface area contributed by atoms with Gasteiger partial charge in [-0.3, -0.25) is 4.31 Å². The summed E-state index contributed by atoms with van der Waals surface area (Å²) in [6.45, 7) is 3.20. The van der Waals surface area contributed by atoms with Gasteiger partial charge in [-0.05, 0) is 32.0 Å². The van der Waals surface area contributed by atoms with E-state index >= 15 is 0 Å². The number of fused-ring (bicyclic) bond motifs is 1. The quantitative estimate of drug-likeness (QED) is 0.737. The molecule has 22 heavy (non-hydrogen) atoms.